The Labute approximate surface area is 102 Å². The van der Waals surface area contributed by atoms with Crippen LogP contribution >= 0.6 is 11.6 Å². The smallest absolute Gasteiger partial charge is 0.142 e. The minimum absolute atomic E-state index is 0.00650. The molecule has 0 saturated carbocycles. The van der Waals surface area contributed by atoms with Gasteiger partial charge in [-0.2, -0.15) is 0 Å². The van der Waals surface area contributed by atoms with Gasteiger partial charge in [-0.05, 0) is 23.6 Å². The van der Waals surface area contributed by atoms with Gasteiger partial charge in [0.05, 0.1) is 5.02 Å². The lowest BCUT2D eigenvalue weighted by atomic mass is 9.82. The van der Waals surface area contributed by atoms with Gasteiger partial charge in [0.15, 0.2) is 0 Å². The summed E-state index contributed by atoms with van der Waals surface area (Å²) in [6.45, 7) is 9.20. The number of halogens is 2. The summed E-state index contributed by atoms with van der Waals surface area (Å²) in [5.74, 6) is -0.355. The van der Waals surface area contributed by atoms with E-state index in [2.05, 4.69) is 26.1 Å². The van der Waals surface area contributed by atoms with Gasteiger partial charge < -0.3 is 5.32 Å². The molecule has 3 heteroatoms. The van der Waals surface area contributed by atoms with Gasteiger partial charge in [-0.1, -0.05) is 51.4 Å². The Morgan fingerprint density at radius 1 is 1.38 bits per heavy atom. The molecule has 0 aliphatic carbocycles. The SMILES string of the molecule is CCNC(c1cccc(F)c1Cl)C(C)(C)C. The van der Waals surface area contributed by atoms with E-state index in [0.29, 0.717) is 0 Å². The molecule has 0 aliphatic heterocycles. The molecule has 16 heavy (non-hydrogen) atoms. The second-order valence-corrected chi connectivity index (χ2v) is 5.38. The summed E-state index contributed by atoms with van der Waals surface area (Å²) in [7, 11) is 0. The highest BCUT2D eigenvalue weighted by atomic mass is 35.5. The molecule has 1 aromatic rings. The van der Waals surface area contributed by atoms with E-state index >= 15 is 0 Å². The number of hydrogen-bond donors (Lipinski definition) is 1. The molecule has 1 unspecified atom stereocenters. The second-order valence-electron chi connectivity index (χ2n) is 5.00. The topological polar surface area (TPSA) is 12.0 Å². The van der Waals surface area contributed by atoms with Crippen molar-refractivity contribution in [1.82, 2.24) is 5.32 Å². The highest BCUT2D eigenvalue weighted by molar-refractivity contribution is 6.31. The van der Waals surface area contributed by atoms with Crippen molar-refractivity contribution in [2.45, 2.75) is 33.7 Å². The Kier molecular flexibility index (Phi) is 4.34. The standard InChI is InChI=1S/C13H19ClFN/c1-5-16-12(13(2,3)4)9-7-6-8-10(15)11(9)14/h6-8,12,16H,5H2,1-4H3. The van der Waals surface area contributed by atoms with Crippen LogP contribution in [0.4, 0.5) is 4.39 Å². The van der Waals surface area contributed by atoms with E-state index in [4.69, 9.17) is 11.6 Å². The fourth-order valence-electron chi connectivity index (χ4n) is 1.83. The second kappa shape index (κ2) is 5.15. The molecule has 0 aliphatic rings. The molecular formula is C13H19ClFN. The first-order valence-electron chi connectivity index (χ1n) is 5.55. The van der Waals surface area contributed by atoms with Crippen LogP contribution < -0.4 is 5.32 Å². The molecule has 0 bridgehead atoms. The number of benzene rings is 1. The van der Waals surface area contributed by atoms with Crippen LogP contribution in [-0.2, 0) is 0 Å². The molecule has 0 spiro atoms. The lowest BCUT2D eigenvalue weighted by molar-refractivity contribution is 0.276. The van der Waals surface area contributed by atoms with E-state index in [9.17, 15) is 4.39 Å². The van der Waals surface area contributed by atoms with Crippen LogP contribution in [0.15, 0.2) is 18.2 Å². The quantitative estimate of drug-likeness (QED) is 0.840. The summed E-state index contributed by atoms with van der Waals surface area (Å²) in [6.07, 6.45) is 0. The number of rotatable bonds is 3. The lowest BCUT2D eigenvalue weighted by Gasteiger charge is -2.32. The molecule has 1 N–H and O–H groups in total. The van der Waals surface area contributed by atoms with Crippen LogP contribution in [0.1, 0.15) is 39.3 Å². The Morgan fingerprint density at radius 2 is 2.00 bits per heavy atom. The third kappa shape index (κ3) is 2.96. The average Bonchev–Trinajstić information content (AvgIpc) is 2.18. The summed E-state index contributed by atoms with van der Waals surface area (Å²) < 4.78 is 13.4. The Balaban J connectivity index is 3.16. The number of nitrogens with one attached hydrogen (secondary N) is 1. The van der Waals surface area contributed by atoms with E-state index in [-0.39, 0.29) is 22.3 Å². The first-order chi connectivity index (χ1) is 7.38. The monoisotopic (exact) mass is 243 g/mol. The summed E-state index contributed by atoms with van der Waals surface area (Å²) in [5.41, 5.74) is 0.823. The van der Waals surface area contributed by atoms with Crippen molar-refractivity contribution in [2.75, 3.05) is 6.54 Å². The van der Waals surface area contributed by atoms with Crippen LogP contribution in [0, 0.1) is 11.2 Å². The zero-order valence-corrected chi connectivity index (χ0v) is 11.0. The minimum atomic E-state index is -0.355. The zero-order valence-electron chi connectivity index (χ0n) is 10.3. The van der Waals surface area contributed by atoms with Gasteiger partial charge in [0, 0.05) is 6.04 Å². The van der Waals surface area contributed by atoms with E-state index in [0.717, 1.165) is 12.1 Å². The third-order valence-corrected chi connectivity index (χ3v) is 2.97. The van der Waals surface area contributed by atoms with E-state index in [1.165, 1.54) is 6.07 Å². The fraction of sp³-hybridized carbons (Fsp3) is 0.538. The zero-order chi connectivity index (χ0) is 12.3. The van der Waals surface area contributed by atoms with Crippen LogP contribution in [0.2, 0.25) is 5.02 Å². The Hall–Kier alpha value is -0.600. The molecule has 1 nitrogen and oxygen atoms in total. The Morgan fingerprint density at radius 3 is 2.50 bits per heavy atom. The number of hydrogen-bond acceptors (Lipinski definition) is 1. The van der Waals surface area contributed by atoms with Crippen LogP contribution in [-0.4, -0.2) is 6.54 Å². The molecule has 0 amide bonds. The van der Waals surface area contributed by atoms with E-state index in [1.807, 2.05) is 13.0 Å². The summed E-state index contributed by atoms with van der Waals surface area (Å²) in [5, 5.41) is 3.58. The maximum Gasteiger partial charge on any atom is 0.142 e. The van der Waals surface area contributed by atoms with Crippen molar-refractivity contribution >= 4 is 11.6 Å². The van der Waals surface area contributed by atoms with Crippen LogP contribution in [0.3, 0.4) is 0 Å². The predicted molar refractivity (Wildman–Crippen MR) is 67.3 cm³/mol. The molecule has 0 heterocycles. The summed E-state index contributed by atoms with van der Waals surface area (Å²) >= 11 is 6.01. The molecule has 0 aromatic heterocycles. The fourth-order valence-corrected chi connectivity index (χ4v) is 2.07. The highest BCUT2D eigenvalue weighted by Gasteiger charge is 2.27. The molecular weight excluding hydrogens is 225 g/mol. The van der Waals surface area contributed by atoms with Crippen molar-refractivity contribution in [1.29, 1.82) is 0 Å². The summed E-state index contributed by atoms with van der Waals surface area (Å²) in [4.78, 5) is 0. The van der Waals surface area contributed by atoms with E-state index in [1.54, 1.807) is 6.07 Å². The third-order valence-electron chi connectivity index (χ3n) is 2.57. The van der Waals surface area contributed by atoms with Gasteiger partial charge in [-0.25, -0.2) is 4.39 Å². The molecule has 0 fully saturated rings. The molecule has 90 valence electrons. The average molecular weight is 244 g/mol. The minimum Gasteiger partial charge on any atom is -0.310 e. The molecule has 1 rings (SSSR count). The summed E-state index contributed by atoms with van der Waals surface area (Å²) in [6, 6.07) is 5.02. The van der Waals surface area contributed by atoms with Crippen LogP contribution in [0.5, 0.6) is 0 Å². The van der Waals surface area contributed by atoms with Crippen molar-refractivity contribution < 1.29 is 4.39 Å². The van der Waals surface area contributed by atoms with Gasteiger partial charge in [-0.15, -0.1) is 0 Å². The Bertz CT molecular complexity index is 357. The first-order valence-corrected chi connectivity index (χ1v) is 5.93. The van der Waals surface area contributed by atoms with Gasteiger partial charge in [0.2, 0.25) is 0 Å². The van der Waals surface area contributed by atoms with Crippen molar-refractivity contribution in [2.24, 2.45) is 5.41 Å². The molecule has 0 saturated heterocycles. The normalized spacial score (nSPS) is 13.9. The van der Waals surface area contributed by atoms with Crippen molar-refractivity contribution in [3.05, 3.63) is 34.6 Å². The predicted octanol–water partition coefficient (Wildman–Crippen LogP) is 4.18. The van der Waals surface area contributed by atoms with Crippen molar-refractivity contribution in [3.63, 3.8) is 0 Å². The van der Waals surface area contributed by atoms with E-state index < -0.39 is 0 Å². The van der Waals surface area contributed by atoms with Gasteiger partial charge in [0.1, 0.15) is 5.82 Å². The van der Waals surface area contributed by atoms with Crippen LogP contribution in [0.25, 0.3) is 0 Å². The van der Waals surface area contributed by atoms with Gasteiger partial charge in [0.25, 0.3) is 0 Å². The lowest BCUT2D eigenvalue weighted by Crippen LogP contribution is -2.32. The first kappa shape index (κ1) is 13.5. The van der Waals surface area contributed by atoms with Crippen molar-refractivity contribution in [3.8, 4) is 0 Å². The molecule has 1 atom stereocenters. The molecule has 0 radical (unpaired) electrons. The van der Waals surface area contributed by atoms with Gasteiger partial charge in [-0.3, -0.25) is 0 Å². The largest absolute Gasteiger partial charge is 0.310 e. The van der Waals surface area contributed by atoms with Gasteiger partial charge >= 0.3 is 0 Å². The molecule has 1 aromatic carbocycles. The maximum atomic E-state index is 13.4. The highest BCUT2D eigenvalue weighted by Crippen LogP contribution is 2.36. The maximum absolute atomic E-state index is 13.4.